The second-order valence-electron chi connectivity index (χ2n) is 5.00. The largest absolute Gasteiger partial charge is 0.310 e. The summed E-state index contributed by atoms with van der Waals surface area (Å²) in [5.74, 6) is 0.854. The molecule has 1 aromatic rings. The van der Waals surface area contributed by atoms with Gasteiger partial charge in [-0.1, -0.05) is 6.08 Å². The molecule has 90 valence electrons. The van der Waals surface area contributed by atoms with E-state index in [1.807, 2.05) is 12.4 Å². The van der Waals surface area contributed by atoms with Crippen LogP contribution in [0.25, 0.3) is 5.57 Å². The van der Waals surface area contributed by atoms with Crippen LogP contribution in [0.3, 0.4) is 0 Å². The van der Waals surface area contributed by atoms with Crippen molar-refractivity contribution in [3.8, 4) is 0 Å². The van der Waals surface area contributed by atoms with Crippen molar-refractivity contribution >= 4 is 21.5 Å². The maximum atomic E-state index is 4.26. The number of pyridine rings is 1. The van der Waals surface area contributed by atoms with Crippen molar-refractivity contribution < 1.29 is 0 Å². The molecule has 2 nitrogen and oxygen atoms in total. The third kappa shape index (κ3) is 2.45. The second-order valence-corrected chi connectivity index (χ2v) is 5.92. The van der Waals surface area contributed by atoms with Crippen LogP contribution in [0, 0.1) is 5.92 Å². The first kappa shape index (κ1) is 11.4. The van der Waals surface area contributed by atoms with E-state index in [0.717, 1.165) is 10.4 Å². The summed E-state index contributed by atoms with van der Waals surface area (Å²) >= 11 is 3.49. The normalized spacial score (nSPS) is 28.4. The molecule has 0 amide bonds. The van der Waals surface area contributed by atoms with E-state index in [2.05, 4.69) is 38.4 Å². The number of rotatable bonds is 1. The molecule has 0 aromatic carbocycles. The predicted molar refractivity (Wildman–Crippen MR) is 73.7 cm³/mol. The van der Waals surface area contributed by atoms with Crippen LogP contribution in [-0.2, 0) is 0 Å². The zero-order chi connectivity index (χ0) is 11.7. The molecule has 0 radical (unpaired) electrons. The molecule has 0 bridgehead atoms. The Kier molecular flexibility index (Phi) is 3.30. The Morgan fingerprint density at radius 3 is 3.12 bits per heavy atom. The van der Waals surface area contributed by atoms with Crippen molar-refractivity contribution in [3.05, 3.63) is 34.6 Å². The molecule has 1 N–H and O–H groups in total. The topological polar surface area (TPSA) is 24.9 Å². The fraction of sp³-hybridized carbons (Fsp3) is 0.500. The lowest BCUT2D eigenvalue weighted by Gasteiger charge is -2.35. The van der Waals surface area contributed by atoms with E-state index in [4.69, 9.17) is 0 Å². The van der Waals surface area contributed by atoms with E-state index in [-0.39, 0.29) is 0 Å². The average molecular weight is 293 g/mol. The highest BCUT2D eigenvalue weighted by Crippen LogP contribution is 2.34. The molecule has 3 heteroatoms. The Bertz CT molecular complexity index is 442. The van der Waals surface area contributed by atoms with Gasteiger partial charge in [-0.3, -0.25) is 4.98 Å². The van der Waals surface area contributed by atoms with Crippen molar-refractivity contribution in [2.24, 2.45) is 5.92 Å². The average Bonchev–Trinajstić information content (AvgIpc) is 2.38. The molecule has 2 heterocycles. The number of fused-ring (bicyclic) bond motifs is 1. The van der Waals surface area contributed by atoms with Crippen LogP contribution in [0.4, 0.5) is 0 Å². The van der Waals surface area contributed by atoms with Gasteiger partial charge in [0.2, 0.25) is 0 Å². The smallest absolute Gasteiger partial charge is 0.0410 e. The molecule has 1 saturated heterocycles. The number of nitrogens with zero attached hydrogens (tertiary/aromatic N) is 1. The molecule has 1 aliphatic carbocycles. The van der Waals surface area contributed by atoms with Crippen LogP contribution in [0.1, 0.15) is 31.2 Å². The summed E-state index contributed by atoms with van der Waals surface area (Å²) in [5, 5.41) is 3.63. The summed E-state index contributed by atoms with van der Waals surface area (Å²) in [6.07, 6.45) is 11.5. The number of nitrogens with one attached hydrogen (secondary N) is 1. The highest BCUT2D eigenvalue weighted by Gasteiger charge is 2.27. The summed E-state index contributed by atoms with van der Waals surface area (Å²) in [6, 6.07) is 2.76. The van der Waals surface area contributed by atoms with Gasteiger partial charge in [0.05, 0.1) is 0 Å². The van der Waals surface area contributed by atoms with E-state index in [0.29, 0.717) is 6.04 Å². The number of aromatic nitrogens is 1. The van der Waals surface area contributed by atoms with E-state index < -0.39 is 0 Å². The van der Waals surface area contributed by atoms with Gasteiger partial charge in [0.15, 0.2) is 0 Å². The van der Waals surface area contributed by atoms with Crippen LogP contribution in [0.2, 0.25) is 0 Å². The molecule has 0 spiro atoms. The van der Waals surface area contributed by atoms with E-state index in [9.17, 15) is 0 Å². The van der Waals surface area contributed by atoms with Gasteiger partial charge in [-0.2, -0.15) is 0 Å². The first-order chi connectivity index (χ1) is 8.33. The van der Waals surface area contributed by atoms with Gasteiger partial charge in [-0.05, 0) is 71.3 Å². The minimum Gasteiger partial charge on any atom is -0.310 e. The van der Waals surface area contributed by atoms with Crippen molar-refractivity contribution in [1.82, 2.24) is 10.3 Å². The SMILES string of the molecule is Brc1cncc(C2=C[C@@H]3NCCC[C@@H]3CC2)c1. The second kappa shape index (κ2) is 4.91. The summed E-state index contributed by atoms with van der Waals surface area (Å²) in [6.45, 7) is 1.17. The molecule has 1 aliphatic heterocycles. The van der Waals surface area contributed by atoms with Gasteiger partial charge in [0.1, 0.15) is 0 Å². The Morgan fingerprint density at radius 1 is 1.29 bits per heavy atom. The molecule has 1 fully saturated rings. The molecule has 2 aliphatic rings. The maximum absolute atomic E-state index is 4.26. The Balaban J connectivity index is 1.86. The van der Waals surface area contributed by atoms with Crippen LogP contribution in [0.5, 0.6) is 0 Å². The fourth-order valence-corrected chi connectivity index (χ4v) is 3.33. The van der Waals surface area contributed by atoms with Gasteiger partial charge in [0.25, 0.3) is 0 Å². The molecule has 1 aromatic heterocycles. The molecular weight excluding hydrogens is 276 g/mol. The number of halogens is 1. The number of hydrogen-bond donors (Lipinski definition) is 1. The Hall–Kier alpha value is -0.670. The highest BCUT2D eigenvalue weighted by atomic mass is 79.9. The maximum Gasteiger partial charge on any atom is 0.0410 e. The Morgan fingerprint density at radius 2 is 2.24 bits per heavy atom. The Labute approximate surface area is 111 Å². The standard InChI is InChI=1S/C14H17BrN2/c15-13-6-12(8-16-9-13)11-4-3-10-2-1-5-17-14(10)7-11/h6-10,14,17H,1-5H2/t10-,14+/m1/s1. The number of hydrogen-bond acceptors (Lipinski definition) is 2. The minimum atomic E-state index is 0.589. The molecular formula is C14H17BrN2. The molecule has 0 saturated carbocycles. The minimum absolute atomic E-state index is 0.589. The third-order valence-corrected chi connectivity index (χ3v) is 4.31. The van der Waals surface area contributed by atoms with Crippen LogP contribution in [-0.4, -0.2) is 17.6 Å². The zero-order valence-electron chi connectivity index (χ0n) is 9.82. The molecule has 17 heavy (non-hydrogen) atoms. The van der Waals surface area contributed by atoms with Crippen molar-refractivity contribution in [1.29, 1.82) is 0 Å². The van der Waals surface area contributed by atoms with Gasteiger partial charge in [0, 0.05) is 22.9 Å². The molecule has 0 unspecified atom stereocenters. The first-order valence-corrected chi connectivity index (χ1v) is 7.17. The predicted octanol–water partition coefficient (Wildman–Crippen LogP) is 3.39. The van der Waals surface area contributed by atoms with Crippen molar-refractivity contribution in [2.75, 3.05) is 6.54 Å². The summed E-state index contributed by atoms with van der Waals surface area (Å²) in [5.41, 5.74) is 2.72. The third-order valence-electron chi connectivity index (χ3n) is 3.88. The first-order valence-electron chi connectivity index (χ1n) is 6.38. The molecule has 3 rings (SSSR count). The van der Waals surface area contributed by atoms with Crippen molar-refractivity contribution in [3.63, 3.8) is 0 Å². The van der Waals surface area contributed by atoms with E-state index >= 15 is 0 Å². The monoisotopic (exact) mass is 292 g/mol. The highest BCUT2D eigenvalue weighted by molar-refractivity contribution is 9.10. The quantitative estimate of drug-likeness (QED) is 0.858. The van der Waals surface area contributed by atoms with Crippen LogP contribution in [0.15, 0.2) is 29.0 Å². The number of piperidine rings is 1. The number of allylic oxidation sites excluding steroid dienone is 1. The summed E-state index contributed by atoms with van der Waals surface area (Å²) in [7, 11) is 0. The van der Waals surface area contributed by atoms with Crippen molar-refractivity contribution in [2.45, 2.75) is 31.7 Å². The van der Waals surface area contributed by atoms with E-state index in [1.165, 1.54) is 43.4 Å². The lowest BCUT2D eigenvalue weighted by Crippen LogP contribution is -2.41. The van der Waals surface area contributed by atoms with Gasteiger partial charge < -0.3 is 5.32 Å². The van der Waals surface area contributed by atoms with Gasteiger partial charge in [-0.15, -0.1) is 0 Å². The molecule has 2 atom stereocenters. The van der Waals surface area contributed by atoms with Crippen LogP contribution >= 0.6 is 15.9 Å². The van der Waals surface area contributed by atoms with E-state index in [1.54, 1.807) is 0 Å². The van der Waals surface area contributed by atoms with Gasteiger partial charge >= 0.3 is 0 Å². The summed E-state index contributed by atoms with van der Waals surface area (Å²) < 4.78 is 1.06. The van der Waals surface area contributed by atoms with Crippen LogP contribution < -0.4 is 5.32 Å². The lowest BCUT2D eigenvalue weighted by molar-refractivity contribution is 0.298. The summed E-state index contributed by atoms with van der Waals surface area (Å²) in [4.78, 5) is 4.26. The fourth-order valence-electron chi connectivity index (χ4n) is 2.97. The zero-order valence-corrected chi connectivity index (χ0v) is 11.4. The lowest BCUT2D eigenvalue weighted by atomic mass is 9.79. The van der Waals surface area contributed by atoms with Gasteiger partial charge in [-0.25, -0.2) is 0 Å².